The van der Waals surface area contributed by atoms with Crippen LogP contribution in [0.5, 0.6) is 0 Å². The van der Waals surface area contributed by atoms with Crippen molar-refractivity contribution in [2.75, 3.05) is 0 Å². The van der Waals surface area contributed by atoms with Gasteiger partial charge in [-0.15, -0.1) is 0 Å². The molecule has 0 spiro atoms. The van der Waals surface area contributed by atoms with E-state index in [1.165, 1.54) is 128 Å². The van der Waals surface area contributed by atoms with Gasteiger partial charge in [0, 0.05) is 0 Å². The fraction of sp³-hybridized carbons (Fsp3) is 0.882. The molecular formula is C34H58O. The first-order valence-electron chi connectivity index (χ1n) is 16.3. The van der Waals surface area contributed by atoms with Crippen molar-refractivity contribution >= 4 is 0 Å². The van der Waals surface area contributed by atoms with Crippen LogP contribution >= 0.6 is 0 Å². The number of rotatable bonds is 11. The Morgan fingerprint density at radius 2 is 1.40 bits per heavy atom. The van der Waals surface area contributed by atoms with Crippen LogP contribution in [-0.4, -0.2) is 12.2 Å². The highest BCUT2D eigenvalue weighted by atomic mass is 16.5. The zero-order valence-corrected chi connectivity index (χ0v) is 23.5. The summed E-state index contributed by atoms with van der Waals surface area (Å²) in [7, 11) is 0. The first kappa shape index (κ1) is 27.5. The number of ether oxygens (including phenoxy) is 1. The van der Waals surface area contributed by atoms with E-state index in [9.17, 15) is 0 Å². The molecule has 3 saturated carbocycles. The summed E-state index contributed by atoms with van der Waals surface area (Å²) in [5.74, 6) is 5.46. The predicted octanol–water partition coefficient (Wildman–Crippen LogP) is 10.4. The second kappa shape index (κ2) is 15.0. The van der Waals surface area contributed by atoms with E-state index in [1.807, 2.05) is 0 Å². The molecule has 0 aromatic carbocycles. The highest BCUT2D eigenvalue weighted by Crippen LogP contribution is 2.40. The van der Waals surface area contributed by atoms with Crippen LogP contribution < -0.4 is 0 Å². The van der Waals surface area contributed by atoms with E-state index >= 15 is 0 Å². The molecule has 0 saturated heterocycles. The predicted molar refractivity (Wildman–Crippen MR) is 152 cm³/mol. The average molecular weight is 483 g/mol. The lowest BCUT2D eigenvalue weighted by Crippen LogP contribution is -2.30. The Labute approximate surface area is 218 Å². The van der Waals surface area contributed by atoms with Crippen LogP contribution in [0.15, 0.2) is 24.3 Å². The highest BCUT2D eigenvalue weighted by Gasteiger charge is 2.30. The van der Waals surface area contributed by atoms with Gasteiger partial charge in [-0.3, -0.25) is 0 Å². The molecule has 0 amide bonds. The van der Waals surface area contributed by atoms with Gasteiger partial charge in [-0.25, -0.2) is 0 Å². The van der Waals surface area contributed by atoms with Gasteiger partial charge < -0.3 is 4.74 Å². The monoisotopic (exact) mass is 482 g/mol. The maximum atomic E-state index is 6.59. The fourth-order valence-electron chi connectivity index (χ4n) is 8.04. The molecule has 200 valence electrons. The Balaban J connectivity index is 1.11. The van der Waals surface area contributed by atoms with Gasteiger partial charge >= 0.3 is 0 Å². The third kappa shape index (κ3) is 9.05. The van der Waals surface area contributed by atoms with Crippen molar-refractivity contribution in [2.45, 2.75) is 154 Å². The number of hydrogen-bond acceptors (Lipinski definition) is 1. The Hall–Kier alpha value is -0.560. The molecule has 0 radical (unpaired) electrons. The van der Waals surface area contributed by atoms with Gasteiger partial charge in [0.25, 0.3) is 0 Å². The molecule has 4 atom stereocenters. The Bertz CT molecular complexity index is 617. The van der Waals surface area contributed by atoms with Gasteiger partial charge in [-0.05, 0) is 113 Å². The molecule has 0 heterocycles. The molecular weight excluding hydrogens is 424 g/mol. The molecule has 1 heteroatoms. The van der Waals surface area contributed by atoms with E-state index < -0.39 is 0 Å². The van der Waals surface area contributed by atoms with Crippen molar-refractivity contribution in [1.29, 1.82) is 0 Å². The van der Waals surface area contributed by atoms with Crippen molar-refractivity contribution in [3.8, 4) is 0 Å². The molecule has 4 aliphatic rings. The lowest BCUT2D eigenvalue weighted by atomic mass is 9.72. The first-order valence-corrected chi connectivity index (χ1v) is 16.3. The van der Waals surface area contributed by atoms with Crippen LogP contribution in [0, 0.1) is 35.5 Å². The lowest BCUT2D eigenvalue weighted by molar-refractivity contribution is -0.0287. The van der Waals surface area contributed by atoms with Crippen molar-refractivity contribution in [2.24, 2.45) is 35.5 Å². The SMILES string of the molecule is CCCCCC1CCC(C=CC2CCC(C3C=CC(OC4CCCC(CCC)C4)CC3)CC2)CC1. The van der Waals surface area contributed by atoms with Crippen LogP contribution in [0.4, 0.5) is 0 Å². The van der Waals surface area contributed by atoms with Crippen molar-refractivity contribution in [1.82, 2.24) is 0 Å². The van der Waals surface area contributed by atoms with E-state index in [4.69, 9.17) is 4.74 Å². The van der Waals surface area contributed by atoms with Crippen LogP contribution in [0.2, 0.25) is 0 Å². The number of unbranched alkanes of at least 4 members (excludes halogenated alkanes) is 2. The summed E-state index contributed by atoms with van der Waals surface area (Å²) in [5.41, 5.74) is 0. The lowest BCUT2D eigenvalue weighted by Gasteiger charge is -2.36. The summed E-state index contributed by atoms with van der Waals surface area (Å²) in [4.78, 5) is 0. The molecule has 3 fully saturated rings. The van der Waals surface area contributed by atoms with Crippen LogP contribution in [0.3, 0.4) is 0 Å². The van der Waals surface area contributed by atoms with Gasteiger partial charge in [0.1, 0.15) is 0 Å². The molecule has 0 aliphatic heterocycles. The molecule has 4 rings (SSSR count). The van der Waals surface area contributed by atoms with E-state index in [1.54, 1.807) is 0 Å². The molecule has 4 unspecified atom stereocenters. The topological polar surface area (TPSA) is 9.23 Å². The minimum absolute atomic E-state index is 0.401. The zero-order chi connectivity index (χ0) is 24.3. The Morgan fingerprint density at radius 3 is 2.06 bits per heavy atom. The summed E-state index contributed by atoms with van der Waals surface area (Å²) in [6.45, 7) is 4.66. The smallest absolute Gasteiger partial charge is 0.0759 e. The maximum Gasteiger partial charge on any atom is 0.0759 e. The molecule has 35 heavy (non-hydrogen) atoms. The Morgan fingerprint density at radius 1 is 0.657 bits per heavy atom. The van der Waals surface area contributed by atoms with Gasteiger partial charge in [-0.2, -0.15) is 0 Å². The maximum absolute atomic E-state index is 6.59. The zero-order valence-electron chi connectivity index (χ0n) is 23.5. The van der Waals surface area contributed by atoms with Crippen LogP contribution in [0.1, 0.15) is 142 Å². The van der Waals surface area contributed by atoms with Gasteiger partial charge in [0.05, 0.1) is 12.2 Å². The Kier molecular flexibility index (Phi) is 11.8. The molecule has 0 N–H and O–H groups in total. The normalized spacial score (nSPS) is 38.7. The summed E-state index contributed by atoms with van der Waals surface area (Å²) < 4.78 is 6.59. The minimum atomic E-state index is 0.401. The molecule has 0 aromatic rings. The average Bonchev–Trinajstić information content (AvgIpc) is 2.90. The van der Waals surface area contributed by atoms with Gasteiger partial charge in [0.2, 0.25) is 0 Å². The molecule has 4 aliphatic carbocycles. The first-order chi connectivity index (χ1) is 17.2. The van der Waals surface area contributed by atoms with Crippen LogP contribution in [-0.2, 0) is 4.74 Å². The van der Waals surface area contributed by atoms with Crippen LogP contribution in [0.25, 0.3) is 0 Å². The minimum Gasteiger partial charge on any atom is -0.371 e. The standard InChI is InChI=1S/C34H58O/c1-3-5-6-9-27-12-14-28(15-13-27)16-17-29-18-20-31(21-19-29)32-22-24-33(25-23-32)35-34-11-7-10-30(26-34)8-4-2/h16-17,22,24,27-34H,3-15,18-21,23,25-26H2,1-2H3. The number of hydrogen-bond donors (Lipinski definition) is 0. The van der Waals surface area contributed by atoms with E-state index in [-0.39, 0.29) is 0 Å². The third-order valence-corrected chi connectivity index (χ3v) is 10.3. The van der Waals surface area contributed by atoms with Gasteiger partial charge in [-0.1, -0.05) is 89.5 Å². The quantitative estimate of drug-likeness (QED) is 0.210. The molecule has 0 aromatic heterocycles. The van der Waals surface area contributed by atoms with Crippen molar-refractivity contribution < 1.29 is 4.74 Å². The van der Waals surface area contributed by atoms with E-state index in [0.717, 1.165) is 35.5 Å². The molecule has 0 bridgehead atoms. The third-order valence-electron chi connectivity index (χ3n) is 10.3. The summed E-state index contributed by atoms with van der Waals surface area (Å²) in [5, 5.41) is 0. The second-order valence-electron chi connectivity index (χ2n) is 13.1. The molecule has 1 nitrogen and oxygen atoms in total. The highest BCUT2D eigenvalue weighted by molar-refractivity contribution is 5.03. The van der Waals surface area contributed by atoms with Crippen molar-refractivity contribution in [3.05, 3.63) is 24.3 Å². The number of allylic oxidation sites excluding steroid dienone is 3. The van der Waals surface area contributed by atoms with E-state index in [0.29, 0.717) is 12.2 Å². The summed E-state index contributed by atoms with van der Waals surface area (Å²) in [6.07, 6.45) is 39.5. The summed E-state index contributed by atoms with van der Waals surface area (Å²) in [6, 6.07) is 0. The summed E-state index contributed by atoms with van der Waals surface area (Å²) >= 11 is 0. The second-order valence-corrected chi connectivity index (χ2v) is 13.1. The fourth-order valence-corrected chi connectivity index (χ4v) is 8.04. The van der Waals surface area contributed by atoms with E-state index in [2.05, 4.69) is 38.2 Å². The largest absolute Gasteiger partial charge is 0.371 e. The van der Waals surface area contributed by atoms with Gasteiger partial charge in [0.15, 0.2) is 0 Å². The van der Waals surface area contributed by atoms with Crippen molar-refractivity contribution in [3.63, 3.8) is 0 Å².